The highest BCUT2D eigenvalue weighted by atomic mass is 31.2. The summed E-state index contributed by atoms with van der Waals surface area (Å²) in [5.41, 5.74) is 0. The first kappa shape index (κ1) is 102. The molecule has 0 spiro atoms. The number of unbranched alkanes of at least 4 members (excludes halogenated alkanes) is 46. The molecule has 0 radical (unpaired) electrons. The maximum absolute atomic E-state index is 13.1. The van der Waals surface area contributed by atoms with Gasteiger partial charge in [-0.15, -0.1) is 0 Å². The highest BCUT2D eigenvalue weighted by molar-refractivity contribution is 7.47. The Kier molecular flexibility index (Phi) is 72.5. The second kappa shape index (κ2) is 73.8. The Balaban J connectivity index is 5.22. The van der Waals surface area contributed by atoms with Crippen molar-refractivity contribution in [1.29, 1.82) is 0 Å². The fourth-order valence-electron chi connectivity index (χ4n) is 13.1. The van der Waals surface area contributed by atoms with Crippen molar-refractivity contribution in [3.8, 4) is 0 Å². The number of hydrogen-bond acceptors (Lipinski definition) is 15. The molecule has 0 heterocycles. The van der Waals surface area contributed by atoms with E-state index < -0.39 is 97.5 Å². The average molecular weight is 1520 g/mol. The minimum absolute atomic E-state index is 0.107. The highest BCUT2D eigenvalue weighted by Crippen LogP contribution is 2.45. The van der Waals surface area contributed by atoms with Gasteiger partial charge in [0.2, 0.25) is 0 Å². The minimum atomic E-state index is -4.97. The molecular weight excluding hydrogens is 1350 g/mol. The minimum Gasteiger partial charge on any atom is -0.462 e. The number of carbonyl (C=O) groups is 4. The van der Waals surface area contributed by atoms with Crippen LogP contribution in [0.15, 0.2) is 0 Å². The van der Waals surface area contributed by atoms with Gasteiger partial charge in [0.25, 0.3) is 0 Å². The molecule has 0 aromatic heterocycles. The summed E-state index contributed by atoms with van der Waals surface area (Å²) in [6.45, 7) is 14.3. The summed E-state index contributed by atoms with van der Waals surface area (Å²) in [5, 5.41) is 10.7. The van der Waals surface area contributed by atoms with Crippen LogP contribution in [0, 0.1) is 23.7 Å². The van der Waals surface area contributed by atoms with Crippen LogP contribution in [-0.4, -0.2) is 96.7 Å². The SMILES string of the molecule is CCC(C)CCCCCCCCCCCCCCCCC(=O)OC[C@H](COP(=O)(O)OCC(O)COP(=O)(O)OC[C@@H](COC(=O)CCCCCCCCC(C)C)OC(=O)CCCCCCCCCCCCCCCCCCC(C)C)OC(=O)CCCCCCCCCCCCCCCCC(C)CC. The molecule has 0 rings (SSSR count). The summed E-state index contributed by atoms with van der Waals surface area (Å²) in [4.78, 5) is 73.1. The van der Waals surface area contributed by atoms with Crippen LogP contribution in [0.5, 0.6) is 0 Å². The normalized spacial score (nSPS) is 14.5. The van der Waals surface area contributed by atoms with Gasteiger partial charge in [-0.05, 0) is 49.4 Å². The van der Waals surface area contributed by atoms with Gasteiger partial charge in [0, 0.05) is 25.7 Å². The van der Waals surface area contributed by atoms with E-state index in [9.17, 15) is 43.2 Å². The molecule has 0 fully saturated rings. The summed E-state index contributed by atoms with van der Waals surface area (Å²) in [5.74, 6) is 1.07. The van der Waals surface area contributed by atoms with E-state index in [1.807, 2.05) is 0 Å². The molecule has 0 aromatic carbocycles. The molecule has 5 unspecified atom stereocenters. The molecule has 3 N–H and O–H groups in total. The number of esters is 4. The van der Waals surface area contributed by atoms with Gasteiger partial charge in [-0.2, -0.15) is 0 Å². The predicted molar refractivity (Wildman–Crippen MR) is 428 cm³/mol. The van der Waals surface area contributed by atoms with Gasteiger partial charge >= 0.3 is 39.5 Å². The molecule has 618 valence electrons. The Morgan fingerprint density at radius 3 is 0.683 bits per heavy atom. The zero-order chi connectivity index (χ0) is 76.7. The zero-order valence-corrected chi connectivity index (χ0v) is 70.5. The van der Waals surface area contributed by atoms with Gasteiger partial charge in [-0.25, -0.2) is 9.13 Å². The molecule has 104 heavy (non-hydrogen) atoms. The first-order valence-corrected chi connectivity index (χ1v) is 46.8. The number of aliphatic hydroxyl groups is 1. The third-order valence-corrected chi connectivity index (χ3v) is 22.4. The third kappa shape index (κ3) is 75.5. The van der Waals surface area contributed by atoms with Gasteiger partial charge in [0.05, 0.1) is 26.4 Å². The van der Waals surface area contributed by atoms with Crippen LogP contribution in [0.3, 0.4) is 0 Å². The van der Waals surface area contributed by atoms with Crippen LogP contribution in [0.4, 0.5) is 0 Å². The van der Waals surface area contributed by atoms with Crippen LogP contribution >= 0.6 is 15.6 Å². The summed E-state index contributed by atoms with van der Waals surface area (Å²) in [6, 6.07) is 0. The number of phosphoric acid groups is 2. The van der Waals surface area contributed by atoms with Gasteiger partial charge in [0.1, 0.15) is 19.3 Å². The molecule has 0 saturated carbocycles. The number of phosphoric ester groups is 2. The van der Waals surface area contributed by atoms with E-state index in [-0.39, 0.29) is 25.7 Å². The fraction of sp³-hybridized carbons (Fsp3) is 0.953. The molecule has 0 aliphatic carbocycles. The van der Waals surface area contributed by atoms with Crippen LogP contribution < -0.4 is 0 Å². The highest BCUT2D eigenvalue weighted by Gasteiger charge is 2.30. The lowest BCUT2D eigenvalue weighted by atomic mass is 9.99. The van der Waals surface area contributed by atoms with Crippen molar-refractivity contribution in [2.24, 2.45) is 23.7 Å². The molecule has 0 bridgehead atoms. The third-order valence-electron chi connectivity index (χ3n) is 20.5. The molecule has 0 saturated heterocycles. The standard InChI is InChI=1S/C85H166O17P2/c1-9-77(7)63-55-47-38-32-26-20-15-17-22-28-34-40-49-57-65-82(87)95-71-80(101-84(89)67-60-52-42-36-30-24-18-16-21-27-33-39-48-56-64-78(8)10-2)73-99-103(91,92)97-69-79(86)70-98-104(93,94)100-74-81(72-96-83(88)66-58-50-44-43-46-54-62-76(5)6)102-85(90)68-59-51-41-35-29-23-14-12-11-13-19-25-31-37-45-53-61-75(3)4/h75-81,86H,9-74H2,1-8H3,(H,91,92)(H,93,94)/t77?,78?,79?,80-,81-/m1/s1. The monoisotopic (exact) mass is 1520 g/mol. The predicted octanol–water partition coefficient (Wildman–Crippen LogP) is 25.6. The number of rotatable bonds is 82. The van der Waals surface area contributed by atoms with E-state index in [1.165, 1.54) is 238 Å². The molecule has 17 nitrogen and oxygen atoms in total. The Morgan fingerprint density at radius 1 is 0.269 bits per heavy atom. The second-order valence-electron chi connectivity index (χ2n) is 32.0. The van der Waals surface area contributed by atoms with Gasteiger partial charge in [0.15, 0.2) is 12.2 Å². The van der Waals surface area contributed by atoms with Crippen molar-refractivity contribution < 1.29 is 80.2 Å². The van der Waals surface area contributed by atoms with Crippen LogP contribution in [0.2, 0.25) is 0 Å². The van der Waals surface area contributed by atoms with Crippen molar-refractivity contribution in [2.75, 3.05) is 39.6 Å². The summed E-state index contributed by atoms with van der Waals surface area (Å²) >= 11 is 0. The summed E-state index contributed by atoms with van der Waals surface area (Å²) < 4.78 is 68.8. The molecular formula is C85H166O17P2. The van der Waals surface area contributed by atoms with Crippen LogP contribution in [0.25, 0.3) is 0 Å². The number of ether oxygens (including phenoxy) is 4. The lowest BCUT2D eigenvalue weighted by Gasteiger charge is -2.21. The molecule has 0 amide bonds. The van der Waals surface area contributed by atoms with E-state index in [0.717, 1.165) is 114 Å². The van der Waals surface area contributed by atoms with Gasteiger partial charge in [-0.3, -0.25) is 37.3 Å². The van der Waals surface area contributed by atoms with E-state index in [2.05, 4.69) is 55.4 Å². The molecule has 0 aromatic rings. The van der Waals surface area contributed by atoms with Crippen molar-refractivity contribution in [3.63, 3.8) is 0 Å². The summed E-state index contributed by atoms with van der Waals surface area (Å²) in [7, 11) is -9.93. The van der Waals surface area contributed by atoms with Crippen molar-refractivity contribution in [3.05, 3.63) is 0 Å². The van der Waals surface area contributed by atoms with Crippen molar-refractivity contribution >= 4 is 39.5 Å². The van der Waals surface area contributed by atoms with E-state index in [1.54, 1.807) is 0 Å². The second-order valence-corrected chi connectivity index (χ2v) is 34.9. The topological polar surface area (TPSA) is 237 Å². The van der Waals surface area contributed by atoms with Gasteiger partial charge in [-0.1, -0.05) is 389 Å². The van der Waals surface area contributed by atoms with E-state index >= 15 is 0 Å². The smallest absolute Gasteiger partial charge is 0.462 e. The van der Waals surface area contributed by atoms with Gasteiger partial charge < -0.3 is 33.8 Å². The van der Waals surface area contributed by atoms with Crippen LogP contribution in [-0.2, 0) is 65.4 Å². The van der Waals surface area contributed by atoms with Crippen LogP contribution in [0.1, 0.15) is 441 Å². The van der Waals surface area contributed by atoms with E-state index in [0.29, 0.717) is 31.6 Å². The lowest BCUT2D eigenvalue weighted by molar-refractivity contribution is -0.161. The quantitative estimate of drug-likeness (QED) is 0.0222. The van der Waals surface area contributed by atoms with Crippen molar-refractivity contribution in [2.45, 2.75) is 459 Å². The number of aliphatic hydroxyl groups excluding tert-OH is 1. The number of hydrogen-bond donors (Lipinski definition) is 3. The molecule has 19 heteroatoms. The maximum atomic E-state index is 13.1. The van der Waals surface area contributed by atoms with Crippen molar-refractivity contribution in [1.82, 2.24) is 0 Å². The Morgan fingerprint density at radius 2 is 0.462 bits per heavy atom. The maximum Gasteiger partial charge on any atom is 0.472 e. The average Bonchev–Trinajstić information content (AvgIpc) is 0.931. The largest absolute Gasteiger partial charge is 0.472 e. The zero-order valence-electron chi connectivity index (χ0n) is 68.7. The first-order valence-electron chi connectivity index (χ1n) is 43.8. The molecule has 0 aliphatic heterocycles. The molecule has 0 aliphatic rings. The molecule has 7 atom stereocenters. The Labute approximate surface area is 638 Å². The first-order chi connectivity index (χ1) is 50.2. The lowest BCUT2D eigenvalue weighted by Crippen LogP contribution is -2.30. The fourth-order valence-corrected chi connectivity index (χ4v) is 14.7. The number of carbonyl (C=O) groups excluding carboxylic acids is 4. The van der Waals surface area contributed by atoms with E-state index in [4.69, 9.17) is 37.0 Å². The Hall–Kier alpha value is -1.94. The Bertz CT molecular complexity index is 2030. The summed E-state index contributed by atoms with van der Waals surface area (Å²) in [6.07, 6.45) is 62.5.